The van der Waals surface area contributed by atoms with Gasteiger partial charge >= 0.3 is 0 Å². The fourth-order valence-electron chi connectivity index (χ4n) is 3.07. The molecule has 1 aromatic carbocycles. The first-order valence-corrected chi connectivity index (χ1v) is 7.95. The highest BCUT2D eigenvalue weighted by Crippen LogP contribution is 2.30. The summed E-state index contributed by atoms with van der Waals surface area (Å²) >= 11 is 0. The predicted molar refractivity (Wildman–Crippen MR) is 85.4 cm³/mol. The smallest absolute Gasteiger partial charge is 0.255 e. The van der Waals surface area contributed by atoms with Gasteiger partial charge in [-0.2, -0.15) is 0 Å². The van der Waals surface area contributed by atoms with E-state index < -0.39 is 5.91 Å². The fourth-order valence-corrected chi connectivity index (χ4v) is 3.07. The third kappa shape index (κ3) is 5.29. The molecule has 1 aromatic rings. The highest BCUT2D eigenvalue weighted by Gasteiger charge is 2.20. The van der Waals surface area contributed by atoms with Crippen LogP contribution in [0, 0.1) is 5.92 Å². The van der Waals surface area contributed by atoms with Crippen LogP contribution in [0.1, 0.15) is 45.4 Å². The van der Waals surface area contributed by atoms with Gasteiger partial charge in [0.15, 0.2) is 6.61 Å². The van der Waals surface area contributed by atoms with Crippen molar-refractivity contribution in [2.75, 3.05) is 11.9 Å². The summed E-state index contributed by atoms with van der Waals surface area (Å²) in [7, 11) is 0. The molecule has 0 spiro atoms. The maximum atomic E-state index is 10.7. The van der Waals surface area contributed by atoms with Crippen molar-refractivity contribution in [1.29, 1.82) is 0 Å². The van der Waals surface area contributed by atoms with Gasteiger partial charge in [-0.1, -0.05) is 25.8 Å². The molecule has 2 rings (SSSR count). The van der Waals surface area contributed by atoms with Crippen molar-refractivity contribution in [3.8, 4) is 5.75 Å². The number of carbonyl (C=O) groups is 1. The molecule has 1 amide bonds. The van der Waals surface area contributed by atoms with E-state index in [1.807, 2.05) is 24.3 Å². The number of primary amides is 1. The maximum Gasteiger partial charge on any atom is 0.255 e. The molecule has 0 unspecified atom stereocenters. The molecule has 0 radical (unpaired) electrons. The Labute approximate surface area is 127 Å². The Balaban J connectivity index is 1.83. The molecule has 116 valence electrons. The average Bonchev–Trinajstić information content (AvgIpc) is 2.48. The van der Waals surface area contributed by atoms with Crippen LogP contribution in [0.3, 0.4) is 0 Å². The van der Waals surface area contributed by atoms with Crippen molar-refractivity contribution in [2.24, 2.45) is 11.7 Å². The second-order valence-electron chi connectivity index (χ2n) is 5.93. The van der Waals surface area contributed by atoms with E-state index in [-0.39, 0.29) is 6.61 Å². The van der Waals surface area contributed by atoms with Gasteiger partial charge in [-0.3, -0.25) is 4.79 Å². The zero-order chi connectivity index (χ0) is 15.1. The van der Waals surface area contributed by atoms with Gasteiger partial charge in [0.2, 0.25) is 0 Å². The number of nitrogens with one attached hydrogen (secondary N) is 1. The summed E-state index contributed by atoms with van der Waals surface area (Å²) in [4.78, 5) is 10.7. The normalized spacial score (nSPS) is 21.8. The first-order valence-electron chi connectivity index (χ1n) is 7.95. The molecule has 4 nitrogen and oxygen atoms in total. The summed E-state index contributed by atoms with van der Waals surface area (Å²) < 4.78 is 5.33. The number of carbonyl (C=O) groups excluding carboxylic acids is 1. The number of ether oxygens (including phenoxy) is 1. The zero-order valence-electron chi connectivity index (χ0n) is 12.8. The molecule has 1 aliphatic carbocycles. The lowest BCUT2D eigenvalue weighted by molar-refractivity contribution is -0.119. The van der Waals surface area contributed by atoms with Gasteiger partial charge in [0.05, 0.1) is 0 Å². The third-order valence-electron chi connectivity index (χ3n) is 4.13. The molecule has 1 saturated carbocycles. The van der Waals surface area contributed by atoms with Gasteiger partial charge in [0.1, 0.15) is 5.75 Å². The van der Waals surface area contributed by atoms with Crippen molar-refractivity contribution in [2.45, 2.75) is 51.5 Å². The minimum atomic E-state index is -0.456. The summed E-state index contributed by atoms with van der Waals surface area (Å²) in [6, 6.07) is 8.29. The molecule has 0 saturated heterocycles. The second-order valence-corrected chi connectivity index (χ2v) is 5.93. The van der Waals surface area contributed by atoms with E-state index in [1.54, 1.807) is 0 Å². The van der Waals surface area contributed by atoms with E-state index in [0.717, 1.165) is 11.6 Å². The number of rotatable bonds is 7. The van der Waals surface area contributed by atoms with E-state index in [1.165, 1.54) is 38.5 Å². The largest absolute Gasteiger partial charge is 0.484 e. The molecule has 0 heterocycles. The molecule has 0 bridgehead atoms. The molecule has 0 aliphatic heterocycles. The summed E-state index contributed by atoms with van der Waals surface area (Å²) in [5.41, 5.74) is 6.14. The van der Waals surface area contributed by atoms with Gasteiger partial charge in [0, 0.05) is 17.8 Å². The van der Waals surface area contributed by atoms with E-state index in [9.17, 15) is 4.79 Å². The molecule has 3 N–H and O–H groups in total. The van der Waals surface area contributed by atoms with E-state index >= 15 is 0 Å². The number of amides is 1. The number of benzene rings is 1. The van der Waals surface area contributed by atoms with Gasteiger partial charge in [-0.15, -0.1) is 0 Å². The predicted octanol–water partition coefficient (Wildman–Crippen LogP) is 3.32. The summed E-state index contributed by atoms with van der Waals surface area (Å²) in [6.07, 6.45) is 7.77. The first kappa shape index (κ1) is 15.7. The summed E-state index contributed by atoms with van der Waals surface area (Å²) in [6.45, 7) is 2.19. The Morgan fingerprint density at radius 1 is 1.33 bits per heavy atom. The number of hydrogen-bond acceptors (Lipinski definition) is 3. The molecule has 0 aromatic heterocycles. The average molecular weight is 290 g/mol. The Morgan fingerprint density at radius 3 is 2.76 bits per heavy atom. The van der Waals surface area contributed by atoms with Crippen molar-refractivity contribution < 1.29 is 9.53 Å². The summed E-state index contributed by atoms with van der Waals surface area (Å²) in [5, 5.41) is 3.58. The van der Waals surface area contributed by atoms with Crippen LogP contribution in [0.2, 0.25) is 0 Å². The van der Waals surface area contributed by atoms with Crippen LogP contribution in [0.25, 0.3) is 0 Å². The number of hydrogen-bond donors (Lipinski definition) is 2. The maximum absolute atomic E-state index is 10.7. The van der Waals surface area contributed by atoms with E-state index in [0.29, 0.717) is 11.8 Å². The van der Waals surface area contributed by atoms with Crippen LogP contribution in [-0.2, 0) is 4.79 Å². The highest BCUT2D eigenvalue weighted by molar-refractivity contribution is 5.75. The molecule has 4 heteroatoms. The van der Waals surface area contributed by atoms with E-state index in [4.69, 9.17) is 10.5 Å². The lowest BCUT2D eigenvalue weighted by atomic mass is 9.83. The van der Waals surface area contributed by atoms with Gasteiger partial charge < -0.3 is 15.8 Å². The van der Waals surface area contributed by atoms with Crippen LogP contribution in [0.5, 0.6) is 5.75 Å². The molecule has 0 atom stereocenters. The third-order valence-corrected chi connectivity index (χ3v) is 4.13. The number of nitrogens with two attached hydrogens (primary N) is 1. The number of anilines is 1. The Kier molecular flexibility index (Phi) is 5.90. The zero-order valence-corrected chi connectivity index (χ0v) is 12.8. The van der Waals surface area contributed by atoms with Crippen LogP contribution in [0.4, 0.5) is 5.69 Å². The van der Waals surface area contributed by atoms with Gasteiger partial charge in [-0.05, 0) is 43.7 Å². The second kappa shape index (κ2) is 7.91. The Morgan fingerprint density at radius 2 is 2.10 bits per heavy atom. The topological polar surface area (TPSA) is 64.3 Å². The standard InChI is InChI=1S/C17H26N2O2/c1-2-4-13-7-9-14(10-8-13)19-15-5-3-6-16(11-15)21-12-17(18)20/h3,5-6,11,13-14,19H,2,4,7-10,12H2,1H3,(H2,18,20). The molecule has 21 heavy (non-hydrogen) atoms. The Hall–Kier alpha value is -1.71. The minimum Gasteiger partial charge on any atom is -0.484 e. The van der Waals surface area contributed by atoms with Crippen LogP contribution in [0.15, 0.2) is 24.3 Å². The van der Waals surface area contributed by atoms with Crippen LogP contribution in [-0.4, -0.2) is 18.6 Å². The monoisotopic (exact) mass is 290 g/mol. The molecular formula is C17H26N2O2. The SMILES string of the molecule is CCCC1CCC(Nc2cccc(OCC(N)=O)c2)CC1. The molecule has 1 aliphatic rings. The van der Waals surface area contributed by atoms with Crippen molar-refractivity contribution in [3.63, 3.8) is 0 Å². The molecular weight excluding hydrogens is 264 g/mol. The van der Waals surface area contributed by atoms with E-state index in [2.05, 4.69) is 12.2 Å². The van der Waals surface area contributed by atoms with Crippen LogP contribution < -0.4 is 15.8 Å². The van der Waals surface area contributed by atoms with Gasteiger partial charge in [-0.25, -0.2) is 0 Å². The minimum absolute atomic E-state index is 0.0778. The lowest BCUT2D eigenvalue weighted by Gasteiger charge is -2.29. The van der Waals surface area contributed by atoms with Crippen molar-refractivity contribution >= 4 is 11.6 Å². The lowest BCUT2D eigenvalue weighted by Crippen LogP contribution is -2.26. The van der Waals surface area contributed by atoms with Crippen molar-refractivity contribution in [1.82, 2.24) is 0 Å². The highest BCUT2D eigenvalue weighted by atomic mass is 16.5. The summed E-state index contributed by atoms with van der Waals surface area (Å²) in [5.74, 6) is 1.14. The van der Waals surface area contributed by atoms with Crippen LogP contribution >= 0.6 is 0 Å². The quantitative estimate of drug-likeness (QED) is 0.809. The molecule has 1 fully saturated rings. The van der Waals surface area contributed by atoms with Gasteiger partial charge in [0.25, 0.3) is 5.91 Å². The fraction of sp³-hybridized carbons (Fsp3) is 0.588. The van der Waals surface area contributed by atoms with Crippen molar-refractivity contribution in [3.05, 3.63) is 24.3 Å². The first-order chi connectivity index (χ1) is 10.2. The Bertz CT molecular complexity index is 454.